The fourth-order valence-corrected chi connectivity index (χ4v) is 4.31. The van der Waals surface area contributed by atoms with E-state index in [0.717, 1.165) is 12.1 Å². The number of likely N-dealkylation sites (tertiary alicyclic amines) is 1. The van der Waals surface area contributed by atoms with Crippen molar-refractivity contribution in [2.75, 3.05) is 18.4 Å². The number of carbonyl (C=O) groups is 2. The minimum absolute atomic E-state index is 0.0703. The largest absolute Gasteiger partial charge is 0.444 e. The van der Waals surface area contributed by atoms with E-state index in [-0.39, 0.29) is 23.5 Å². The predicted octanol–water partition coefficient (Wildman–Crippen LogP) is 4.03. The second kappa shape index (κ2) is 8.88. The number of piperidine rings is 1. The Labute approximate surface area is 192 Å². The van der Waals surface area contributed by atoms with E-state index in [0.29, 0.717) is 54.6 Å². The molecular weight excluding hydrogens is 422 g/mol. The van der Waals surface area contributed by atoms with Gasteiger partial charge in [-0.1, -0.05) is 13.0 Å². The smallest absolute Gasteiger partial charge is 0.410 e. The molecule has 1 saturated heterocycles. The summed E-state index contributed by atoms with van der Waals surface area (Å²) in [5.74, 6) is -0.00158. The minimum Gasteiger partial charge on any atom is -0.444 e. The molecular formula is C24H31N5O4. The molecule has 1 aliphatic heterocycles. The number of nitrogens with zero attached hydrogens (tertiary/aromatic N) is 3. The Bertz CT molecular complexity index is 1250. The van der Waals surface area contributed by atoms with Gasteiger partial charge in [0.2, 0.25) is 5.91 Å². The normalized spacial score (nSPS) is 15.2. The molecule has 0 atom stereocenters. The molecule has 0 unspecified atom stereocenters. The highest BCUT2D eigenvalue weighted by atomic mass is 16.6. The quantitative estimate of drug-likeness (QED) is 0.620. The van der Waals surface area contributed by atoms with Crippen LogP contribution in [0.15, 0.2) is 29.1 Å². The molecule has 9 heteroatoms. The number of hydrogen-bond donors (Lipinski definition) is 2. The van der Waals surface area contributed by atoms with Gasteiger partial charge in [0.25, 0.3) is 5.56 Å². The van der Waals surface area contributed by atoms with E-state index >= 15 is 0 Å². The van der Waals surface area contributed by atoms with Gasteiger partial charge in [0.05, 0.1) is 22.3 Å². The standard InChI is InChI=1S/C24H31N5O4/c1-5-7-19(30)25-16-8-6-9-17-21(16)22-26-20(31)14-18(29(22)27-17)15-10-12-28(13-11-15)23(32)33-24(2,3)4/h6,8-9,14-15H,5,7,10-13H2,1-4H3,(H,25,30)(H,26,31). The molecule has 0 spiro atoms. The number of aromatic nitrogens is 3. The topological polar surface area (TPSA) is 109 Å². The maximum absolute atomic E-state index is 12.6. The van der Waals surface area contributed by atoms with Crippen LogP contribution in [-0.4, -0.2) is 50.2 Å². The number of rotatable bonds is 4. The Morgan fingerprint density at radius 3 is 2.64 bits per heavy atom. The highest BCUT2D eigenvalue weighted by molar-refractivity contribution is 6.07. The lowest BCUT2D eigenvalue weighted by Gasteiger charge is -2.33. The zero-order valence-electron chi connectivity index (χ0n) is 19.6. The number of amides is 2. The molecule has 2 aromatic heterocycles. The molecule has 1 fully saturated rings. The minimum atomic E-state index is -0.535. The number of ether oxygens (including phenoxy) is 1. The van der Waals surface area contributed by atoms with Gasteiger partial charge >= 0.3 is 6.09 Å². The van der Waals surface area contributed by atoms with E-state index in [4.69, 9.17) is 9.84 Å². The van der Waals surface area contributed by atoms with Crippen LogP contribution >= 0.6 is 0 Å². The molecule has 3 heterocycles. The molecule has 1 aliphatic rings. The van der Waals surface area contributed by atoms with E-state index in [9.17, 15) is 14.4 Å². The van der Waals surface area contributed by atoms with Gasteiger partial charge in [0, 0.05) is 31.5 Å². The van der Waals surface area contributed by atoms with Crippen molar-refractivity contribution in [1.82, 2.24) is 19.5 Å². The third-order valence-electron chi connectivity index (χ3n) is 5.78. The van der Waals surface area contributed by atoms with Crippen molar-refractivity contribution in [3.63, 3.8) is 0 Å². The lowest BCUT2D eigenvalue weighted by molar-refractivity contribution is -0.116. The number of anilines is 1. The number of fused-ring (bicyclic) bond motifs is 3. The zero-order valence-corrected chi connectivity index (χ0v) is 19.6. The molecule has 1 aromatic carbocycles. The number of benzene rings is 1. The fraction of sp³-hybridized carbons (Fsp3) is 0.500. The van der Waals surface area contributed by atoms with Crippen LogP contribution in [0, 0.1) is 0 Å². The van der Waals surface area contributed by atoms with E-state index in [2.05, 4.69) is 10.3 Å². The molecule has 9 nitrogen and oxygen atoms in total. The average molecular weight is 454 g/mol. The first-order valence-electron chi connectivity index (χ1n) is 11.5. The lowest BCUT2D eigenvalue weighted by atomic mass is 9.93. The van der Waals surface area contributed by atoms with Gasteiger partial charge in [0.15, 0.2) is 0 Å². The Hall–Kier alpha value is -3.36. The molecule has 4 rings (SSSR count). The van der Waals surface area contributed by atoms with E-state index in [1.54, 1.807) is 15.5 Å². The predicted molar refractivity (Wildman–Crippen MR) is 127 cm³/mol. The lowest BCUT2D eigenvalue weighted by Crippen LogP contribution is -2.41. The SMILES string of the molecule is CCCC(=O)Nc1cccc2nn3c(C4CCN(C(=O)OC(C)(C)C)CC4)cc(=O)[nH]c3c12. The summed E-state index contributed by atoms with van der Waals surface area (Å²) in [6, 6.07) is 7.11. The monoisotopic (exact) mass is 453 g/mol. The summed E-state index contributed by atoms with van der Waals surface area (Å²) in [6.07, 6.45) is 2.27. The molecule has 0 aliphatic carbocycles. The second-order valence-corrected chi connectivity index (χ2v) is 9.56. The molecule has 2 amide bonds. The Morgan fingerprint density at radius 1 is 1.24 bits per heavy atom. The summed E-state index contributed by atoms with van der Waals surface area (Å²) in [4.78, 5) is 41.8. The highest BCUT2D eigenvalue weighted by Gasteiger charge is 2.29. The average Bonchev–Trinajstić information content (AvgIpc) is 3.11. The van der Waals surface area contributed by atoms with Crippen molar-refractivity contribution in [1.29, 1.82) is 0 Å². The van der Waals surface area contributed by atoms with Crippen LogP contribution in [0.1, 0.15) is 65.0 Å². The summed E-state index contributed by atoms with van der Waals surface area (Å²) in [6.45, 7) is 8.61. The molecule has 2 N–H and O–H groups in total. The van der Waals surface area contributed by atoms with Crippen molar-refractivity contribution in [3.05, 3.63) is 40.3 Å². The van der Waals surface area contributed by atoms with Crippen LogP contribution in [0.2, 0.25) is 0 Å². The number of aromatic amines is 1. The zero-order chi connectivity index (χ0) is 23.8. The van der Waals surface area contributed by atoms with Gasteiger partial charge in [0.1, 0.15) is 11.2 Å². The molecule has 176 valence electrons. The van der Waals surface area contributed by atoms with Crippen molar-refractivity contribution in [2.24, 2.45) is 0 Å². The van der Waals surface area contributed by atoms with Crippen molar-refractivity contribution in [3.8, 4) is 0 Å². The summed E-state index contributed by atoms with van der Waals surface area (Å²) < 4.78 is 7.26. The molecule has 0 radical (unpaired) electrons. The molecule has 0 saturated carbocycles. The van der Waals surface area contributed by atoms with Gasteiger partial charge in [-0.2, -0.15) is 5.10 Å². The van der Waals surface area contributed by atoms with Crippen molar-refractivity contribution >= 4 is 34.2 Å². The first kappa shape index (κ1) is 22.8. The van der Waals surface area contributed by atoms with Gasteiger partial charge in [-0.15, -0.1) is 0 Å². The Kier molecular flexibility index (Phi) is 6.14. The summed E-state index contributed by atoms with van der Waals surface area (Å²) >= 11 is 0. The third-order valence-corrected chi connectivity index (χ3v) is 5.78. The van der Waals surface area contributed by atoms with E-state index in [1.807, 2.05) is 45.9 Å². The first-order chi connectivity index (χ1) is 15.7. The van der Waals surface area contributed by atoms with Crippen LogP contribution in [0.5, 0.6) is 0 Å². The van der Waals surface area contributed by atoms with E-state index in [1.165, 1.54) is 0 Å². The van der Waals surface area contributed by atoms with Crippen molar-refractivity contribution in [2.45, 2.75) is 64.9 Å². The van der Waals surface area contributed by atoms with Crippen molar-refractivity contribution < 1.29 is 14.3 Å². The van der Waals surface area contributed by atoms with Crippen LogP contribution < -0.4 is 10.9 Å². The maximum atomic E-state index is 12.6. The second-order valence-electron chi connectivity index (χ2n) is 9.56. The van der Waals surface area contributed by atoms with Crippen LogP contribution in [0.3, 0.4) is 0 Å². The van der Waals surface area contributed by atoms with Crippen LogP contribution in [-0.2, 0) is 9.53 Å². The van der Waals surface area contributed by atoms with Gasteiger partial charge in [-0.3, -0.25) is 9.59 Å². The maximum Gasteiger partial charge on any atom is 0.410 e. The number of nitrogens with one attached hydrogen (secondary N) is 2. The summed E-state index contributed by atoms with van der Waals surface area (Å²) in [5, 5.41) is 8.40. The number of H-pyrrole nitrogens is 1. The summed E-state index contributed by atoms with van der Waals surface area (Å²) in [7, 11) is 0. The number of carbonyl (C=O) groups excluding carboxylic acids is 2. The fourth-order valence-electron chi connectivity index (χ4n) is 4.31. The van der Waals surface area contributed by atoms with Crippen LogP contribution in [0.25, 0.3) is 16.6 Å². The first-order valence-corrected chi connectivity index (χ1v) is 11.5. The molecule has 33 heavy (non-hydrogen) atoms. The highest BCUT2D eigenvalue weighted by Crippen LogP contribution is 2.32. The molecule has 0 bridgehead atoms. The number of hydrogen-bond acceptors (Lipinski definition) is 5. The Balaban J connectivity index is 1.65. The van der Waals surface area contributed by atoms with Gasteiger partial charge < -0.3 is 19.9 Å². The van der Waals surface area contributed by atoms with Gasteiger partial charge in [-0.25, -0.2) is 9.31 Å². The Morgan fingerprint density at radius 2 is 1.97 bits per heavy atom. The van der Waals surface area contributed by atoms with E-state index < -0.39 is 5.60 Å². The van der Waals surface area contributed by atoms with Crippen LogP contribution in [0.4, 0.5) is 10.5 Å². The molecule has 3 aromatic rings. The third kappa shape index (κ3) is 4.86. The summed E-state index contributed by atoms with van der Waals surface area (Å²) in [5.41, 5.74) is 1.94. The van der Waals surface area contributed by atoms with Gasteiger partial charge in [-0.05, 0) is 52.2 Å².